The molecule has 0 spiro atoms. The van der Waals surface area contributed by atoms with Gasteiger partial charge in [0.2, 0.25) is 0 Å². The number of aryl methyl sites for hydroxylation is 1. The van der Waals surface area contributed by atoms with Gasteiger partial charge in [0, 0.05) is 17.7 Å². The van der Waals surface area contributed by atoms with Crippen LogP contribution in [0.15, 0.2) is 48.5 Å². The van der Waals surface area contributed by atoms with E-state index in [0.29, 0.717) is 46.7 Å². The molecule has 33 heavy (non-hydrogen) atoms. The molecule has 168 valence electrons. The van der Waals surface area contributed by atoms with Crippen molar-refractivity contribution < 1.29 is 18.6 Å². The Morgan fingerprint density at radius 3 is 2.70 bits per heavy atom. The highest BCUT2D eigenvalue weighted by Gasteiger charge is 2.43. The second kappa shape index (κ2) is 8.09. The molecule has 4 aromatic rings. The number of nitrogens with one attached hydrogen (secondary N) is 1. The molecule has 0 aliphatic carbocycles. The number of imidazole rings is 1. The monoisotopic (exact) mass is 465 g/mol. The minimum absolute atomic E-state index is 0.0674. The second-order valence-electron chi connectivity index (χ2n) is 8.44. The maximum absolute atomic E-state index is 14.3. The number of H-pyrrole nitrogens is 1. The lowest BCUT2D eigenvalue weighted by Crippen LogP contribution is -2.32. The summed E-state index contributed by atoms with van der Waals surface area (Å²) in [7, 11) is 0. The van der Waals surface area contributed by atoms with Crippen LogP contribution in [-0.2, 0) is 9.47 Å². The Labute approximate surface area is 194 Å². The molecular formula is C25H21ClFN3O3. The van der Waals surface area contributed by atoms with Gasteiger partial charge < -0.3 is 19.2 Å². The van der Waals surface area contributed by atoms with E-state index in [1.165, 1.54) is 6.07 Å². The Hall–Kier alpha value is -3.00. The molecule has 2 aliphatic heterocycles. The van der Waals surface area contributed by atoms with Crippen LogP contribution in [0.25, 0.3) is 33.5 Å². The fourth-order valence-electron chi connectivity index (χ4n) is 4.49. The number of hydrogen-bond acceptors (Lipinski definition) is 5. The molecule has 8 heteroatoms. The van der Waals surface area contributed by atoms with Crippen molar-refractivity contribution in [2.75, 3.05) is 13.2 Å². The van der Waals surface area contributed by atoms with Gasteiger partial charge in [-0.1, -0.05) is 48.0 Å². The molecule has 2 saturated heterocycles. The van der Waals surface area contributed by atoms with E-state index >= 15 is 0 Å². The van der Waals surface area contributed by atoms with E-state index in [1.807, 2.05) is 37.3 Å². The van der Waals surface area contributed by atoms with E-state index in [4.69, 9.17) is 25.8 Å². The lowest BCUT2D eigenvalue weighted by atomic mass is 10.0. The smallest absolute Gasteiger partial charge is 0.296 e. The second-order valence-corrected chi connectivity index (χ2v) is 8.85. The summed E-state index contributed by atoms with van der Waals surface area (Å²) in [6.45, 7) is 3.02. The van der Waals surface area contributed by atoms with Crippen LogP contribution in [0, 0.1) is 12.7 Å². The number of halogens is 2. The average Bonchev–Trinajstić information content (AvgIpc) is 3.50. The molecule has 4 heterocycles. The average molecular weight is 466 g/mol. The van der Waals surface area contributed by atoms with Gasteiger partial charge in [-0.2, -0.15) is 4.98 Å². The highest BCUT2D eigenvalue weighted by atomic mass is 35.5. The standard InChI is InChI=1S/C25H21ClFN3O3/c1-13-2-7-16(18(27)10-13)14-3-5-15(6-4-14)22-17(26)11-19-24(29-22)30-25(28-19)33-21-12-32-20-8-9-31-23(20)21/h2-7,10-11,20-21,23H,8-9,12H2,1H3,(H,28,29,30)/t20-,21?,23+/m1/s1. The fraction of sp³-hybridized carbons (Fsp3) is 0.280. The lowest BCUT2D eigenvalue weighted by molar-refractivity contribution is 0.0273. The number of rotatable bonds is 4. The van der Waals surface area contributed by atoms with Crippen LogP contribution in [0.3, 0.4) is 0 Å². The molecule has 0 radical (unpaired) electrons. The van der Waals surface area contributed by atoms with Crippen LogP contribution in [0.4, 0.5) is 4.39 Å². The number of benzene rings is 2. The van der Waals surface area contributed by atoms with Gasteiger partial charge in [-0.15, -0.1) is 0 Å². The number of pyridine rings is 1. The van der Waals surface area contributed by atoms with Gasteiger partial charge in [0.05, 0.1) is 28.9 Å². The lowest BCUT2D eigenvalue weighted by Gasteiger charge is -2.15. The van der Waals surface area contributed by atoms with E-state index in [1.54, 1.807) is 12.1 Å². The summed E-state index contributed by atoms with van der Waals surface area (Å²) in [5, 5.41) is 0.482. The minimum Gasteiger partial charge on any atom is -0.456 e. The van der Waals surface area contributed by atoms with E-state index < -0.39 is 0 Å². The first-order valence-electron chi connectivity index (χ1n) is 10.9. The zero-order valence-electron chi connectivity index (χ0n) is 17.8. The number of fused-ring (bicyclic) bond motifs is 2. The summed E-state index contributed by atoms with van der Waals surface area (Å²) in [4.78, 5) is 12.3. The SMILES string of the molecule is Cc1ccc(-c2ccc(-c3nc4nc(OC5CO[C@@H]6CCO[C@H]56)[nH]c4cc3Cl)cc2)c(F)c1. The van der Waals surface area contributed by atoms with E-state index in [0.717, 1.165) is 23.1 Å². The molecular weight excluding hydrogens is 445 g/mol. The number of aromatic amines is 1. The Morgan fingerprint density at radius 1 is 1.06 bits per heavy atom. The Kier molecular flexibility index (Phi) is 5.05. The van der Waals surface area contributed by atoms with Crippen LogP contribution < -0.4 is 4.74 Å². The van der Waals surface area contributed by atoms with Gasteiger partial charge in [-0.05, 0) is 36.6 Å². The molecule has 2 aliphatic rings. The molecule has 0 saturated carbocycles. The third kappa shape index (κ3) is 3.76. The quantitative estimate of drug-likeness (QED) is 0.441. The Balaban J connectivity index is 1.27. The molecule has 0 bridgehead atoms. The largest absolute Gasteiger partial charge is 0.456 e. The molecule has 2 aromatic carbocycles. The molecule has 3 atom stereocenters. The van der Waals surface area contributed by atoms with Gasteiger partial charge in [0.1, 0.15) is 11.9 Å². The van der Waals surface area contributed by atoms with Crippen molar-refractivity contribution in [3.8, 4) is 28.4 Å². The summed E-state index contributed by atoms with van der Waals surface area (Å²) in [5.41, 5.74) is 4.82. The van der Waals surface area contributed by atoms with Crippen LogP contribution in [0.5, 0.6) is 6.01 Å². The van der Waals surface area contributed by atoms with Gasteiger partial charge in [0.15, 0.2) is 11.8 Å². The van der Waals surface area contributed by atoms with Gasteiger partial charge in [-0.3, -0.25) is 0 Å². The predicted molar refractivity (Wildman–Crippen MR) is 123 cm³/mol. The van der Waals surface area contributed by atoms with E-state index in [-0.39, 0.29) is 24.1 Å². The maximum Gasteiger partial charge on any atom is 0.296 e. The van der Waals surface area contributed by atoms with Crippen molar-refractivity contribution in [3.05, 3.63) is 64.9 Å². The summed E-state index contributed by atoms with van der Waals surface area (Å²) < 4.78 is 31.8. The molecule has 1 unspecified atom stereocenters. The zero-order chi connectivity index (χ0) is 22.5. The molecule has 2 aromatic heterocycles. The first kappa shape index (κ1) is 20.6. The van der Waals surface area contributed by atoms with Crippen LogP contribution in [0.1, 0.15) is 12.0 Å². The normalized spacial score (nSPS) is 22.1. The van der Waals surface area contributed by atoms with E-state index in [2.05, 4.69) is 15.0 Å². The number of ether oxygens (including phenoxy) is 3. The Bertz CT molecular complexity index is 1340. The topological polar surface area (TPSA) is 69.3 Å². The highest BCUT2D eigenvalue weighted by molar-refractivity contribution is 6.33. The van der Waals surface area contributed by atoms with E-state index in [9.17, 15) is 4.39 Å². The zero-order valence-corrected chi connectivity index (χ0v) is 18.6. The predicted octanol–water partition coefficient (Wildman–Crippen LogP) is 5.33. The summed E-state index contributed by atoms with van der Waals surface area (Å²) in [5.74, 6) is -0.244. The van der Waals surface area contributed by atoms with Crippen LogP contribution in [-0.4, -0.2) is 46.5 Å². The maximum atomic E-state index is 14.3. The molecule has 0 amide bonds. The third-order valence-electron chi connectivity index (χ3n) is 6.18. The number of aromatic nitrogens is 3. The van der Waals surface area contributed by atoms with Crippen molar-refractivity contribution >= 4 is 22.8 Å². The van der Waals surface area contributed by atoms with Crippen molar-refractivity contribution in [2.45, 2.75) is 31.7 Å². The van der Waals surface area contributed by atoms with Gasteiger partial charge in [0.25, 0.3) is 6.01 Å². The Morgan fingerprint density at radius 2 is 1.88 bits per heavy atom. The summed E-state index contributed by atoms with van der Waals surface area (Å²) >= 11 is 6.54. The summed E-state index contributed by atoms with van der Waals surface area (Å²) in [6, 6.07) is 14.9. The van der Waals surface area contributed by atoms with Crippen molar-refractivity contribution in [3.63, 3.8) is 0 Å². The minimum atomic E-state index is -0.244. The van der Waals surface area contributed by atoms with Crippen molar-refractivity contribution in [1.29, 1.82) is 0 Å². The fourth-order valence-corrected chi connectivity index (χ4v) is 4.75. The van der Waals surface area contributed by atoms with Crippen molar-refractivity contribution in [2.24, 2.45) is 0 Å². The highest BCUT2D eigenvalue weighted by Crippen LogP contribution is 2.33. The number of nitrogens with zero attached hydrogens (tertiary/aromatic N) is 2. The first-order valence-corrected chi connectivity index (χ1v) is 11.3. The van der Waals surface area contributed by atoms with Gasteiger partial charge >= 0.3 is 0 Å². The van der Waals surface area contributed by atoms with Crippen LogP contribution in [0.2, 0.25) is 5.02 Å². The molecule has 2 fully saturated rings. The molecule has 1 N–H and O–H groups in total. The van der Waals surface area contributed by atoms with Crippen molar-refractivity contribution in [1.82, 2.24) is 15.0 Å². The number of hydrogen-bond donors (Lipinski definition) is 1. The first-order chi connectivity index (χ1) is 16.0. The van der Waals surface area contributed by atoms with Gasteiger partial charge in [-0.25, -0.2) is 9.37 Å². The van der Waals surface area contributed by atoms with Crippen LogP contribution >= 0.6 is 11.6 Å². The summed E-state index contributed by atoms with van der Waals surface area (Å²) in [6.07, 6.45) is 0.709. The molecule has 6 rings (SSSR count). The third-order valence-corrected chi connectivity index (χ3v) is 6.47. The molecule has 6 nitrogen and oxygen atoms in total.